The van der Waals surface area contributed by atoms with Crippen molar-refractivity contribution < 1.29 is 13.9 Å². The second-order valence-corrected chi connectivity index (χ2v) is 7.34. The molecule has 7 heteroatoms. The van der Waals surface area contributed by atoms with Gasteiger partial charge in [-0.2, -0.15) is 0 Å². The molecule has 0 unspecified atom stereocenters. The fourth-order valence-corrected chi connectivity index (χ4v) is 3.79. The fourth-order valence-electron chi connectivity index (χ4n) is 3.79. The summed E-state index contributed by atoms with van der Waals surface area (Å²) in [6.07, 6.45) is 1.82. The fraction of sp³-hybridized carbons (Fsp3) is 0.227. The highest BCUT2D eigenvalue weighted by molar-refractivity contribution is 5.75. The molecule has 0 radical (unpaired) electrons. The Labute approximate surface area is 167 Å². The van der Waals surface area contributed by atoms with Crippen LogP contribution in [0, 0.1) is 5.82 Å². The van der Waals surface area contributed by atoms with Crippen LogP contribution in [-0.4, -0.2) is 34.0 Å². The van der Waals surface area contributed by atoms with E-state index in [1.54, 1.807) is 17.0 Å². The summed E-state index contributed by atoms with van der Waals surface area (Å²) >= 11 is 0. The maximum Gasteiger partial charge on any atom is 0.317 e. The first kappa shape index (κ1) is 17.8. The average molecular weight is 390 g/mol. The highest BCUT2D eigenvalue weighted by Crippen LogP contribution is 2.42. The summed E-state index contributed by atoms with van der Waals surface area (Å²) in [7, 11) is 0. The van der Waals surface area contributed by atoms with Crippen molar-refractivity contribution in [3.05, 3.63) is 83.4 Å². The number of ether oxygens (including phenoxy) is 1. The van der Waals surface area contributed by atoms with Crippen LogP contribution in [0.1, 0.15) is 16.8 Å². The number of nitrogens with one attached hydrogen (secondary N) is 1. The minimum Gasteiger partial charge on any atom is -0.360 e. The number of likely N-dealkylation sites (tertiary alicyclic amines) is 1. The zero-order valence-corrected chi connectivity index (χ0v) is 15.6. The van der Waals surface area contributed by atoms with E-state index in [9.17, 15) is 9.18 Å². The summed E-state index contributed by atoms with van der Waals surface area (Å²) in [6.45, 7) is 1.69. The number of carbonyl (C=O) groups excluding carboxylic acids is 1. The van der Waals surface area contributed by atoms with Gasteiger partial charge in [0.2, 0.25) is 0 Å². The number of rotatable bonds is 3. The molecule has 2 aliphatic heterocycles. The minimum atomic E-state index is -0.516. The number of halogens is 1. The molecule has 2 aromatic carbocycles. The lowest BCUT2D eigenvalue weighted by Crippen LogP contribution is -2.63. The van der Waals surface area contributed by atoms with Gasteiger partial charge in [-0.05, 0) is 17.7 Å². The summed E-state index contributed by atoms with van der Waals surface area (Å²) < 4.78 is 19.0. The van der Waals surface area contributed by atoms with Crippen molar-refractivity contribution in [2.45, 2.75) is 18.8 Å². The van der Waals surface area contributed by atoms with E-state index in [1.165, 1.54) is 12.1 Å². The first-order valence-electron chi connectivity index (χ1n) is 9.46. The lowest BCUT2D eigenvalue weighted by atomic mass is 9.88. The molecule has 0 atom stereocenters. The molecule has 2 aliphatic rings. The Hall–Kier alpha value is -3.32. The van der Waals surface area contributed by atoms with E-state index in [2.05, 4.69) is 15.3 Å². The second kappa shape index (κ2) is 6.93. The Bertz CT molecular complexity index is 1050. The number of amides is 2. The van der Waals surface area contributed by atoms with Crippen molar-refractivity contribution in [2.24, 2.45) is 0 Å². The molecule has 3 heterocycles. The number of urea groups is 1. The molecule has 0 bridgehead atoms. The second-order valence-electron chi connectivity index (χ2n) is 7.34. The number of aromatic nitrogens is 2. The van der Waals surface area contributed by atoms with Gasteiger partial charge in [0.1, 0.15) is 11.4 Å². The van der Waals surface area contributed by atoms with Crippen molar-refractivity contribution in [1.29, 1.82) is 0 Å². The molecule has 5 rings (SSSR count). The van der Waals surface area contributed by atoms with Gasteiger partial charge in [0.25, 0.3) is 0 Å². The molecule has 0 saturated carbocycles. The van der Waals surface area contributed by atoms with Gasteiger partial charge in [-0.1, -0.05) is 42.5 Å². The van der Waals surface area contributed by atoms with Gasteiger partial charge in [0.05, 0.1) is 25.4 Å². The monoisotopic (exact) mass is 390 g/mol. The first-order valence-corrected chi connectivity index (χ1v) is 9.46. The SMILES string of the molecule is O=C(NCc1ccc(F)cc1)N1CC2(C1)OCc1nc(-c3ccccc3)ncc12. The Morgan fingerprint density at radius 3 is 2.66 bits per heavy atom. The highest BCUT2D eigenvalue weighted by atomic mass is 19.1. The lowest BCUT2D eigenvalue weighted by Gasteiger charge is -2.46. The van der Waals surface area contributed by atoms with Crippen LogP contribution >= 0.6 is 0 Å². The summed E-state index contributed by atoms with van der Waals surface area (Å²) in [5.41, 5.74) is 3.13. The lowest BCUT2D eigenvalue weighted by molar-refractivity contribution is -0.124. The van der Waals surface area contributed by atoms with Crippen LogP contribution in [0.25, 0.3) is 11.4 Å². The van der Waals surface area contributed by atoms with Gasteiger partial charge in [-0.25, -0.2) is 19.2 Å². The standard InChI is InChI=1S/C22H19FN4O2/c23-17-8-6-15(7-9-17)10-25-21(28)27-13-22(14-27)18-11-24-20(26-19(18)12-29-22)16-4-2-1-3-5-16/h1-9,11H,10,12-14H2,(H,25,28). The maximum absolute atomic E-state index is 13.0. The van der Waals surface area contributed by atoms with Crippen LogP contribution in [0.2, 0.25) is 0 Å². The number of nitrogens with zero attached hydrogens (tertiary/aromatic N) is 3. The topological polar surface area (TPSA) is 67.4 Å². The number of benzene rings is 2. The van der Waals surface area contributed by atoms with Crippen LogP contribution < -0.4 is 5.32 Å². The van der Waals surface area contributed by atoms with Gasteiger partial charge < -0.3 is 15.0 Å². The molecule has 2 amide bonds. The number of hydrogen-bond donors (Lipinski definition) is 1. The summed E-state index contributed by atoms with van der Waals surface area (Å²) in [6, 6.07) is 15.7. The van der Waals surface area contributed by atoms with Gasteiger partial charge >= 0.3 is 6.03 Å². The van der Waals surface area contributed by atoms with E-state index in [0.717, 1.165) is 22.4 Å². The van der Waals surface area contributed by atoms with Crippen LogP contribution in [-0.2, 0) is 23.5 Å². The van der Waals surface area contributed by atoms with E-state index in [0.29, 0.717) is 32.1 Å². The van der Waals surface area contributed by atoms with E-state index in [-0.39, 0.29) is 11.8 Å². The molecule has 6 nitrogen and oxygen atoms in total. The summed E-state index contributed by atoms with van der Waals surface area (Å²) in [5, 5.41) is 2.86. The zero-order chi connectivity index (χ0) is 19.8. The highest BCUT2D eigenvalue weighted by Gasteiger charge is 2.52. The van der Waals surface area contributed by atoms with Crippen molar-refractivity contribution >= 4 is 6.03 Å². The van der Waals surface area contributed by atoms with E-state index < -0.39 is 5.60 Å². The summed E-state index contributed by atoms with van der Waals surface area (Å²) in [4.78, 5) is 23.3. The van der Waals surface area contributed by atoms with Crippen LogP contribution in [0.3, 0.4) is 0 Å². The normalized spacial score (nSPS) is 16.4. The van der Waals surface area contributed by atoms with Crippen molar-refractivity contribution in [2.75, 3.05) is 13.1 Å². The predicted molar refractivity (Wildman–Crippen MR) is 104 cm³/mol. The Balaban J connectivity index is 1.24. The Morgan fingerprint density at radius 2 is 1.90 bits per heavy atom. The maximum atomic E-state index is 13.0. The molecule has 0 aliphatic carbocycles. The van der Waals surface area contributed by atoms with Gasteiger partial charge in [0, 0.05) is 23.9 Å². The van der Waals surface area contributed by atoms with Gasteiger partial charge in [-0.3, -0.25) is 0 Å². The number of carbonyl (C=O) groups is 1. The smallest absolute Gasteiger partial charge is 0.317 e. The van der Waals surface area contributed by atoms with Crippen LogP contribution in [0.5, 0.6) is 0 Å². The van der Waals surface area contributed by atoms with Crippen molar-refractivity contribution in [3.63, 3.8) is 0 Å². The molecular weight excluding hydrogens is 371 g/mol. The molecule has 1 saturated heterocycles. The Kier molecular flexibility index (Phi) is 4.24. The zero-order valence-electron chi connectivity index (χ0n) is 15.6. The largest absolute Gasteiger partial charge is 0.360 e. The molecule has 1 fully saturated rings. The Morgan fingerprint density at radius 1 is 1.14 bits per heavy atom. The predicted octanol–water partition coefficient (Wildman–Crippen LogP) is 3.23. The molecule has 1 spiro atoms. The van der Waals surface area contributed by atoms with Gasteiger partial charge in [-0.15, -0.1) is 0 Å². The molecule has 146 valence electrons. The van der Waals surface area contributed by atoms with Crippen molar-refractivity contribution in [1.82, 2.24) is 20.2 Å². The van der Waals surface area contributed by atoms with Crippen LogP contribution in [0.4, 0.5) is 9.18 Å². The molecule has 1 N–H and O–H groups in total. The van der Waals surface area contributed by atoms with Crippen LogP contribution in [0.15, 0.2) is 60.8 Å². The minimum absolute atomic E-state index is 0.168. The van der Waals surface area contributed by atoms with E-state index in [1.807, 2.05) is 36.5 Å². The first-order chi connectivity index (χ1) is 14.1. The molecular formula is C22H19FN4O2. The molecule has 3 aromatic rings. The number of hydrogen-bond acceptors (Lipinski definition) is 4. The van der Waals surface area contributed by atoms with E-state index >= 15 is 0 Å². The third-order valence-corrected chi connectivity index (χ3v) is 5.41. The molecule has 1 aromatic heterocycles. The average Bonchev–Trinajstić information content (AvgIpc) is 3.12. The third kappa shape index (κ3) is 3.23. The summed E-state index contributed by atoms with van der Waals surface area (Å²) in [5.74, 6) is 0.387. The van der Waals surface area contributed by atoms with Gasteiger partial charge in [0.15, 0.2) is 5.82 Å². The molecule has 29 heavy (non-hydrogen) atoms. The number of fused-ring (bicyclic) bond motifs is 2. The van der Waals surface area contributed by atoms with Crippen molar-refractivity contribution in [3.8, 4) is 11.4 Å². The third-order valence-electron chi connectivity index (χ3n) is 5.41. The van der Waals surface area contributed by atoms with E-state index in [4.69, 9.17) is 4.74 Å². The quantitative estimate of drug-likeness (QED) is 0.746.